The quantitative estimate of drug-likeness (QED) is 0.345. The molecule has 2 N–H and O–H groups in total. The summed E-state index contributed by atoms with van der Waals surface area (Å²) in [6, 6.07) is 5.78. The zero-order valence-electron chi connectivity index (χ0n) is 25.0. The molecule has 0 radical (unpaired) electrons. The monoisotopic (exact) mass is 638 g/mol. The van der Waals surface area contributed by atoms with Gasteiger partial charge in [-0.25, -0.2) is 15.0 Å². The average molecular weight is 640 g/mol. The number of fused-ring (bicyclic) bond motifs is 3. The van der Waals surface area contributed by atoms with Crippen LogP contribution in [0, 0.1) is 0 Å². The molecule has 13 heteroatoms. The summed E-state index contributed by atoms with van der Waals surface area (Å²) in [5, 5.41) is 7.35. The Bertz CT molecular complexity index is 1540. The Balaban J connectivity index is 1.30. The second-order valence-corrected chi connectivity index (χ2v) is 12.1. The van der Waals surface area contributed by atoms with Gasteiger partial charge in [0, 0.05) is 48.7 Å². The summed E-state index contributed by atoms with van der Waals surface area (Å²) in [6.45, 7) is 7.68. The molecule has 6 rings (SSSR count). The van der Waals surface area contributed by atoms with Gasteiger partial charge in [0.2, 0.25) is 11.9 Å². The molecule has 0 unspecified atom stereocenters. The number of carbonyl (C=O) groups excluding carboxylic acids is 1. The fraction of sp³-hybridized carbons (Fsp3) is 0.419. The number of pyridine rings is 1. The van der Waals surface area contributed by atoms with Crippen molar-refractivity contribution in [1.82, 2.24) is 30.1 Å². The van der Waals surface area contributed by atoms with Crippen molar-refractivity contribution >= 4 is 46.6 Å². The van der Waals surface area contributed by atoms with Crippen molar-refractivity contribution in [2.75, 3.05) is 57.7 Å². The first-order valence-electron chi connectivity index (χ1n) is 14.6. The number of carbonyl (C=O) groups is 1. The number of aromatic nitrogens is 3. The van der Waals surface area contributed by atoms with Crippen LogP contribution in [0.1, 0.15) is 18.4 Å². The maximum Gasteiger partial charge on any atom is 0.243 e. The van der Waals surface area contributed by atoms with Crippen LogP contribution < -0.4 is 25.0 Å². The Labute approximate surface area is 267 Å². The third-order valence-corrected chi connectivity index (χ3v) is 9.42. The number of halogens is 2. The minimum Gasteiger partial charge on any atom is -0.495 e. The lowest BCUT2D eigenvalue weighted by Crippen LogP contribution is -2.46. The van der Waals surface area contributed by atoms with E-state index in [1.165, 1.54) is 6.08 Å². The highest BCUT2D eigenvalue weighted by molar-refractivity contribution is 6.41. The first-order chi connectivity index (χ1) is 21.3. The Kier molecular flexibility index (Phi) is 8.82. The van der Waals surface area contributed by atoms with E-state index in [0.717, 1.165) is 55.8 Å². The summed E-state index contributed by atoms with van der Waals surface area (Å²) >= 11 is 13.6. The number of rotatable bonds is 8. The highest BCUT2D eigenvalue weighted by Crippen LogP contribution is 2.51. The molecule has 1 amide bonds. The van der Waals surface area contributed by atoms with E-state index < -0.39 is 0 Å². The van der Waals surface area contributed by atoms with Crippen LogP contribution in [-0.2, 0) is 11.3 Å². The zero-order chi connectivity index (χ0) is 31.0. The number of piperidine rings is 1. The molecule has 5 heterocycles. The van der Waals surface area contributed by atoms with E-state index in [0.29, 0.717) is 51.6 Å². The van der Waals surface area contributed by atoms with E-state index in [9.17, 15) is 4.79 Å². The van der Waals surface area contributed by atoms with E-state index in [1.54, 1.807) is 26.5 Å². The van der Waals surface area contributed by atoms with Crippen molar-refractivity contribution in [3.8, 4) is 22.8 Å². The van der Waals surface area contributed by atoms with Gasteiger partial charge in [-0.05, 0) is 51.2 Å². The standard InChI is InChI=1S/C31H36Cl2N8O3/c1-5-25(42)36-21-16-40(19-8-11-39(2)12-9-19)17-22(21)37-31-35-14-18-15-41(30-20(28(18)38-31)7-6-10-34-30)29-26(32)23(43-3)13-24(44-4)27(29)33/h5-7,10,13-14,19,21-22H,1,8-9,11-12,15-17H2,2-4H3,(H,36,42)(H,35,37,38)/t21-,22+/m0/s1. The zero-order valence-corrected chi connectivity index (χ0v) is 26.5. The van der Waals surface area contributed by atoms with E-state index in [2.05, 4.69) is 34.1 Å². The van der Waals surface area contributed by atoms with Crippen molar-refractivity contribution < 1.29 is 14.3 Å². The Morgan fingerprint density at radius 3 is 2.48 bits per heavy atom. The smallest absolute Gasteiger partial charge is 0.243 e. The number of anilines is 3. The summed E-state index contributed by atoms with van der Waals surface area (Å²) in [4.78, 5) is 33.5. The largest absolute Gasteiger partial charge is 0.495 e. The molecule has 0 saturated carbocycles. The van der Waals surface area contributed by atoms with Gasteiger partial charge in [0.1, 0.15) is 27.4 Å². The van der Waals surface area contributed by atoms with Gasteiger partial charge < -0.3 is 29.9 Å². The van der Waals surface area contributed by atoms with Gasteiger partial charge in [-0.3, -0.25) is 9.69 Å². The molecule has 232 valence electrons. The van der Waals surface area contributed by atoms with Gasteiger partial charge in [-0.2, -0.15) is 0 Å². The molecule has 11 nitrogen and oxygen atoms in total. The molecule has 3 aromatic rings. The topological polar surface area (TPSA) is 108 Å². The highest BCUT2D eigenvalue weighted by atomic mass is 35.5. The summed E-state index contributed by atoms with van der Waals surface area (Å²) in [6.07, 6.45) is 7.06. The number of nitrogens with zero attached hydrogens (tertiary/aromatic N) is 6. The van der Waals surface area contributed by atoms with Crippen molar-refractivity contribution in [3.63, 3.8) is 0 Å². The van der Waals surface area contributed by atoms with Gasteiger partial charge in [-0.15, -0.1) is 0 Å². The molecule has 0 aliphatic carbocycles. The Hall–Kier alpha value is -3.64. The number of ether oxygens (including phenoxy) is 2. The molecular weight excluding hydrogens is 603 g/mol. The summed E-state index contributed by atoms with van der Waals surface area (Å²) in [5.41, 5.74) is 2.98. The van der Waals surface area contributed by atoms with Crippen molar-refractivity contribution in [3.05, 3.63) is 58.9 Å². The van der Waals surface area contributed by atoms with Crippen molar-refractivity contribution in [2.24, 2.45) is 0 Å². The van der Waals surface area contributed by atoms with Crippen LogP contribution in [0.3, 0.4) is 0 Å². The molecule has 0 bridgehead atoms. The molecular formula is C31H36Cl2N8O3. The van der Waals surface area contributed by atoms with E-state index in [1.807, 2.05) is 23.2 Å². The molecule has 3 aliphatic heterocycles. The molecule has 1 aromatic carbocycles. The predicted molar refractivity (Wildman–Crippen MR) is 172 cm³/mol. The van der Waals surface area contributed by atoms with Gasteiger partial charge in [0.15, 0.2) is 0 Å². The van der Waals surface area contributed by atoms with Gasteiger partial charge >= 0.3 is 0 Å². The normalized spacial score (nSPS) is 20.5. The molecule has 2 saturated heterocycles. The highest BCUT2D eigenvalue weighted by Gasteiger charge is 2.38. The van der Waals surface area contributed by atoms with Gasteiger partial charge in [0.05, 0.1) is 44.2 Å². The fourth-order valence-electron chi connectivity index (χ4n) is 6.35. The first-order valence-corrected chi connectivity index (χ1v) is 15.4. The molecule has 3 aliphatic rings. The third-order valence-electron chi connectivity index (χ3n) is 8.69. The lowest BCUT2D eigenvalue weighted by Gasteiger charge is -2.35. The SMILES string of the molecule is C=CC(=O)N[C@H]1CN(C2CCN(C)CC2)C[C@H]1Nc1ncc2c(n1)-c1cccnc1N(c1c(Cl)c(OC)cc(OC)c1Cl)C2. The number of methoxy groups -OCH3 is 2. The van der Waals surface area contributed by atoms with Crippen molar-refractivity contribution in [2.45, 2.75) is 37.5 Å². The molecule has 0 spiro atoms. The van der Waals surface area contributed by atoms with Crippen LogP contribution in [0.15, 0.2) is 43.2 Å². The number of hydrogen-bond donors (Lipinski definition) is 2. The second kappa shape index (κ2) is 12.8. The van der Waals surface area contributed by atoms with E-state index in [4.69, 9.17) is 47.6 Å². The molecule has 2 aromatic heterocycles. The first kappa shape index (κ1) is 30.4. The number of benzene rings is 1. The van der Waals surface area contributed by atoms with Gasteiger partial charge in [-0.1, -0.05) is 29.8 Å². The summed E-state index contributed by atoms with van der Waals surface area (Å²) in [5.74, 6) is 1.82. The molecule has 2 fully saturated rings. The minimum absolute atomic E-state index is 0.0769. The molecule has 44 heavy (non-hydrogen) atoms. The fourth-order valence-corrected chi connectivity index (χ4v) is 7.06. The lowest BCUT2D eigenvalue weighted by molar-refractivity contribution is -0.117. The minimum atomic E-state index is -0.190. The van der Waals surface area contributed by atoms with Gasteiger partial charge in [0.25, 0.3) is 0 Å². The van der Waals surface area contributed by atoms with Crippen LogP contribution in [0.4, 0.5) is 17.5 Å². The van der Waals surface area contributed by atoms with Crippen LogP contribution in [0.25, 0.3) is 11.3 Å². The maximum atomic E-state index is 12.3. The summed E-state index contributed by atoms with van der Waals surface area (Å²) < 4.78 is 11.0. The van der Waals surface area contributed by atoms with Crippen LogP contribution >= 0.6 is 23.2 Å². The Morgan fingerprint density at radius 2 is 1.80 bits per heavy atom. The number of nitrogens with one attached hydrogen (secondary N) is 2. The number of likely N-dealkylation sites (tertiary alicyclic amines) is 2. The number of amides is 1. The summed E-state index contributed by atoms with van der Waals surface area (Å²) in [7, 11) is 5.25. The predicted octanol–water partition coefficient (Wildman–Crippen LogP) is 4.38. The van der Waals surface area contributed by atoms with E-state index in [-0.39, 0.29) is 18.0 Å². The van der Waals surface area contributed by atoms with Crippen LogP contribution in [-0.4, -0.2) is 96.2 Å². The number of hydrogen-bond acceptors (Lipinski definition) is 10. The second-order valence-electron chi connectivity index (χ2n) is 11.3. The molecule has 2 atom stereocenters. The van der Waals surface area contributed by atoms with E-state index >= 15 is 0 Å². The Morgan fingerprint density at radius 1 is 1.09 bits per heavy atom. The van der Waals surface area contributed by atoms with Crippen LogP contribution in [0.5, 0.6) is 11.5 Å². The van der Waals surface area contributed by atoms with Crippen molar-refractivity contribution in [1.29, 1.82) is 0 Å². The maximum absolute atomic E-state index is 12.3. The van der Waals surface area contributed by atoms with Crippen LogP contribution in [0.2, 0.25) is 10.0 Å². The lowest BCUT2D eigenvalue weighted by atomic mass is 10.0. The third kappa shape index (κ3) is 5.77. The average Bonchev–Trinajstić information content (AvgIpc) is 3.43.